The summed E-state index contributed by atoms with van der Waals surface area (Å²) >= 11 is 0. The number of amides is 1. The number of hydrogen-bond acceptors (Lipinski definition) is 7. The van der Waals surface area contributed by atoms with Gasteiger partial charge in [-0.3, -0.25) is 4.79 Å². The second-order valence-electron chi connectivity index (χ2n) is 11.2. The molecule has 0 fully saturated rings. The van der Waals surface area contributed by atoms with E-state index in [1.807, 2.05) is 112 Å². The number of benzene rings is 4. The van der Waals surface area contributed by atoms with Gasteiger partial charge in [0.2, 0.25) is 0 Å². The second kappa shape index (κ2) is 13.4. The molecule has 0 atom stereocenters. The molecule has 4 aromatic carbocycles. The number of ether oxygens (including phenoxy) is 4. The summed E-state index contributed by atoms with van der Waals surface area (Å²) in [7, 11) is 1.36. The Morgan fingerprint density at radius 1 is 0.818 bits per heavy atom. The van der Waals surface area contributed by atoms with E-state index in [1.54, 1.807) is 6.26 Å². The summed E-state index contributed by atoms with van der Waals surface area (Å²) < 4.78 is 28.7. The lowest BCUT2D eigenvalue weighted by atomic mass is 10.00. The molecule has 8 heteroatoms. The molecule has 0 unspecified atom stereocenters. The first-order chi connectivity index (χ1) is 21.2. The molecule has 1 heterocycles. The zero-order valence-electron chi connectivity index (χ0n) is 25.2. The SMILES string of the molecule is COC(=O)Cc1ccccc1OCc1coc2c(Oc3ccccc3)cc(-c3cccc(CNC(=O)OC(C)(C)C)c3)cc12. The first-order valence-corrected chi connectivity index (χ1v) is 14.3. The number of furan rings is 1. The van der Waals surface area contributed by atoms with Crippen molar-refractivity contribution < 1.29 is 33.0 Å². The number of rotatable bonds is 10. The molecule has 0 aliphatic carbocycles. The van der Waals surface area contributed by atoms with Crippen LogP contribution in [0.1, 0.15) is 37.5 Å². The Kier molecular flexibility index (Phi) is 9.19. The maximum absolute atomic E-state index is 12.2. The molecule has 0 radical (unpaired) electrons. The van der Waals surface area contributed by atoms with E-state index < -0.39 is 11.7 Å². The molecule has 0 bridgehead atoms. The van der Waals surface area contributed by atoms with Crippen LogP contribution >= 0.6 is 0 Å². The van der Waals surface area contributed by atoms with Gasteiger partial charge in [0, 0.05) is 23.1 Å². The molecule has 5 aromatic rings. The Balaban J connectivity index is 1.46. The fourth-order valence-corrected chi connectivity index (χ4v) is 4.65. The summed E-state index contributed by atoms with van der Waals surface area (Å²) in [5.41, 5.74) is 4.30. The quantitative estimate of drug-likeness (QED) is 0.163. The molecule has 44 heavy (non-hydrogen) atoms. The van der Waals surface area contributed by atoms with Gasteiger partial charge in [0.15, 0.2) is 11.3 Å². The minimum absolute atomic E-state index is 0.108. The molecule has 0 saturated heterocycles. The van der Waals surface area contributed by atoms with Crippen molar-refractivity contribution in [3.05, 3.63) is 114 Å². The van der Waals surface area contributed by atoms with Crippen LogP contribution in [-0.4, -0.2) is 24.8 Å². The van der Waals surface area contributed by atoms with Crippen molar-refractivity contribution in [1.29, 1.82) is 0 Å². The number of hydrogen-bond donors (Lipinski definition) is 1. The van der Waals surface area contributed by atoms with Crippen LogP contribution in [0.2, 0.25) is 0 Å². The summed E-state index contributed by atoms with van der Waals surface area (Å²) in [6.07, 6.45) is 1.30. The lowest BCUT2D eigenvalue weighted by Crippen LogP contribution is -2.32. The number of esters is 1. The van der Waals surface area contributed by atoms with Crippen molar-refractivity contribution in [2.75, 3.05) is 7.11 Å². The van der Waals surface area contributed by atoms with Gasteiger partial charge in [0.25, 0.3) is 0 Å². The van der Waals surface area contributed by atoms with E-state index in [2.05, 4.69) is 5.32 Å². The number of alkyl carbamates (subject to hydrolysis) is 1. The van der Waals surface area contributed by atoms with E-state index in [0.717, 1.165) is 33.2 Å². The molecule has 0 saturated carbocycles. The number of fused-ring (bicyclic) bond motifs is 1. The van der Waals surface area contributed by atoms with Crippen LogP contribution in [0.5, 0.6) is 17.2 Å². The summed E-state index contributed by atoms with van der Waals surface area (Å²) in [5.74, 6) is 1.48. The molecule has 8 nitrogen and oxygen atoms in total. The highest BCUT2D eigenvalue weighted by Crippen LogP contribution is 2.38. The highest BCUT2D eigenvalue weighted by atomic mass is 16.6. The number of nitrogens with one attached hydrogen (secondary N) is 1. The van der Waals surface area contributed by atoms with Crippen LogP contribution in [0.4, 0.5) is 4.79 Å². The summed E-state index contributed by atoms with van der Waals surface area (Å²) in [6, 6.07) is 28.8. The number of methoxy groups -OCH3 is 1. The van der Waals surface area contributed by atoms with Crippen LogP contribution in [0.3, 0.4) is 0 Å². The Morgan fingerprint density at radius 2 is 1.59 bits per heavy atom. The van der Waals surface area contributed by atoms with Gasteiger partial charge >= 0.3 is 12.1 Å². The number of carbonyl (C=O) groups is 2. The standard InChI is InChI=1S/C36H35NO7/c1-36(2,3)44-35(39)37-21-24-11-10-13-25(17-24)27-18-30-28(22-41-31-16-9-8-12-26(31)20-33(38)40-4)23-42-34(30)32(19-27)43-29-14-6-5-7-15-29/h5-19,23H,20-22H2,1-4H3,(H,37,39). The van der Waals surface area contributed by atoms with Crippen molar-refractivity contribution in [1.82, 2.24) is 5.32 Å². The normalized spacial score (nSPS) is 11.2. The molecule has 1 amide bonds. The average molecular weight is 594 g/mol. The minimum Gasteiger partial charge on any atom is -0.488 e. The van der Waals surface area contributed by atoms with Gasteiger partial charge in [0.1, 0.15) is 23.7 Å². The monoisotopic (exact) mass is 593 g/mol. The molecule has 1 aromatic heterocycles. The summed E-state index contributed by atoms with van der Waals surface area (Å²) in [6.45, 7) is 6.01. The predicted octanol–water partition coefficient (Wildman–Crippen LogP) is 8.21. The third-order valence-corrected chi connectivity index (χ3v) is 6.71. The molecule has 226 valence electrons. The highest BCUT2D eigenvalue weighted by molar-refractivity contribution is 5.91. The third-order valence-electron chi connectivity index (χ3n) is 6.71. The minimum atomic E-state index is -0.577. The maximum Gasteiger partial charge on any atom is 0.407 e. The fourth-order valence-electron chi connectivity index (χ4n) is 4.65. The van der Waals surface area contributed by atoms with Gasteiger partial charge < -0.3 is 28.7 Å². The largest absolute Gasteiger partial charge is 0.488 e. The first-order valence-electron chi connectivity index (χ1n) is 14.3. The van der Waals surface area contributed by atoms with E-state index in [4.69, 9.17) is 23.4 Å². The van der Waals surface area contributed by atoms with Crippen LogP contribution in [0.15, 0.2) is 102 Å². The van der Waals surface area contributed by atoms with E-state index >= 15 is 0 Å². The lowest BCUT2D eigenvalue weighted by Gasteiger charge is -2.19. The molecular formula is C36H35NO7. The second-order valence-corrected chi connectivity index (χ2v) is 11.2. The van der Waals surface area contributed by atoms with Crippen molar-refractivity contribution >= 4 is 23.0 Å². The van der Waals surface area contributed by atoms with Crippen LogP contribution in [0.25, 0.3) is 22.1 Å². The molecular weight excluding hydrogens is 558 g/mol. The predicted molar refractivity (Wildman–Crippen MR) is 168 cm³/mol. The Morgan fingerprint density at radius 3 is 2.36 bits per heavy atom. The zero-order chi connectivity index (χ0) is 31.1. The van der Waals surface area contributed by atoms with Crippen LogP contribution in [0, 0.1) is 0 Å². The van der Waals surface area contributed by atoms with Gasteiger partial charge in [-0.2, -0.15) is 0 Å². The highest BCUT2D eigenvalue weighted by Gasteiger charge is 2.18. The van der Waals surface area contributed by atoms with Crippen molar-refractivity contribution in [3.63, 3.8) is 0 Å². The summed E-state index contributed by atoms with van der Waals surface area (Å²) in [4.78, 5) is 24.1. The lowest BCUT2D eigenvalue weighted by molar-refractivity contribution is -0.139. The van der Waals surface area contributed by atoms with Gasteiger partial charge in [-0.15, -0.1) is 0 Å². The summed E-state index contributed by atoms with van der Waals surface area (Å²) in [5, 5.41) is 3.65. The maximum atomic E-state index is 12.2. The van der Waals surface area contributed by atoms with Crippen molar-refractivity contribution in [2.24, 2.45) is 0 Å². The number of para-hydroxylation sites is 2. The van der Waals surface area contributed by atoms with E-state index in [9.17, 15) is 9.59 Å². The molecule has 0 spiro atoms. The van der Waals surface area contributed by atoms with Crippen molar-refractivity contribution in [2.45, 2.75) is 45.9 Å². The van der Waals surface area contributed by atoms with E-state index in [-0.39, 0.29) is 19.0 Å². The molecule has 1 N–H and O–H groups in total. The molecule has 0 aliphatic rings. The van der Waals surface area contributed by atoms with Gasteiger partial charge in [-0.05, 0) is 73.9 Å². The zero-order valence-corrected chi connectivity index (χ0v) is 25.2. The van der Waals surface area contributed by atoms with Crippen molar-refractivity contribution in [3.8, 4) is 28.4 Å². The Labute approximate surface area is 256 Å². The van der Waals surface area contributed by atoms with Crippen LogP contribution in [-0.2, 0) is 33.8 Å². The smallest absolute Gasteiger partial charge is 0.407 e. The molecule has 5 rings (SSSR count). The first kappa shape index (κ1) is 30.2. The Bertz CT molecular complexity index is 1750. The van der Waals surface area contributed by atoms with Gasteiger partial charge in [0.05, 0.1) is 19.8 Å². The fraction of sp³-hybridized carbons (Fsp3) is 0.222. The average Bonchev–Trinajstić information content (AvgIpc) is 3.42. The van der Waals surface area contributed by atoms with E-state index in [1.165, 1.54) is 7.11 Å². The van der Waals surface area contributed by atoms with E-state index in [0.29, 0.717) is 29.4 Å². The molecule has 0 aliphatic heterocycles. The van der Waals surface area contributed by atoms with Gasteiger partial charge in [-0.25, -0.2) is 4.79 Å². The topological polar surface area (TPSA) is 96.2 Å². The third kappa shape index (κ3) is 7.77. The Hall–Kier alpha value is -5.24. The van der Waals surface area contributed by atoms with Gasteiger partial charge in [-0.1, -0.05) is 54.6 Å². The number of carbonyl (C=O) groups excluding carboxylic acids is 2. The van der Waals surface area contributed by atoms with Crippen LogP contribution < -0.4 is 14.8 Å².